The summed E-state index contributed by atoms with van der Waals surface area (Å²) in [5, 5.41) is 0. The van der Waals surface area contributed by atoms with Crippen LogP contribution in [0.15, 0.2) is 24.3 Å². The van der Waals surface area contributed by atoms with Gasteiger partial charge in [-0.3, -0.25) is 4.79 Å². The molecular formula is C15H19F3N2O2. The molecule has 122 valence electrons. The highest BCUT2D eigenvalue weighted by molar-refractivity contribution is 5.82. The summed E-state index contributed by atoms with van der Waals surface area (Å²) in [5.41, 5.74) is 5.72. The molecule has 1 aliphatic rings. The third-order valence-corrected chi connectivity index (χ3v) is 3.57. The molecule has 1 aromatic carbocycles. The third-order valence-electron chi connectivity index (χ3n) is 3.57. The Morgan fingerprint density at radius 1 is 1.36 bits per heavy atom. The number of nitrogens with zero attached hydrogens (tertiary/aromatic N) is 1. The number of hydrogen-bond acceptors (Lipinski definition) is 3. The molecule has 0 saturated heterocycles. The highest BCUT2D eigenvalue weighted by atomic mass is 19.4. The summed E-state index contributed by atoms with van der Waals surface area (Å²) in [6, 6.07) is 4.22. The maximum atomic E-state index is 12.5. The Kier molecular flexibility index (Phi) is 5.08. The van der Waals surface area contributed by atoms with Crippen LogP contribution in [-0.2, 0) is 22.3 Å². The molecule has 1 saturated carbocycles. The van der Waals surface area contributed by atoms with Crippen LogP contribution in [0.4, 0.5) is 13.2 Å². The van der Waals surface area contributed by atoms with Gasteiger partial charge >= 0.3 is 6.18 Å². The molecule has 2 N–H and O–H groups in total. The first-order valence-corrected chi connectivity index (χ1v) is 7.04. The van der Waals surface area contributed by atoms with Crippen LogP contribution in [0.3, 0.4) is 0 Å². The van der Waals surface area contributed by atoms with Gasteiger partial charge in [0.15, 0.2) is 0 Å². The van der Waals surface area contributed by atoms with E-state index in [-0.39, 0.29) is 25.1 Å². The van der Waals surface area contributed by atoms with Gasteiger partial charge in [0.1, 0.15) is 6.04 Å². The lowest BCUT2D eigenvalue weighted by Crippen LogP contribution is -2.46. The number of alkyl halides is 3. The summed E-state index contributed by atoms with van der Waals surface area (Å²) in [6.07, 6.45) is -2.57. The second-order valence-corrected chi connectivity index (χ2v) is 5.45. The van der Waals surface area contributed by atoms with Crippen LogP contribution in [0.5, 0.6) is 0 Å². The highest BCUT2D eigenvalue weighted by Crippen LogP contribution is 2.31. The van der Waals surface area contributed by atoms with Crippen molar-refractivity contribution in [1.82, 2.24) is 4.90 Å². The number of nitrogens with two attached hydrogens (primary N) is 1. The van der Waals surface area contributed by atoms with E-state index in [2.05, 4.69) is 0 Å². The van der Waals surface area contributed by atoms with Crippen LogP contribution in [0.1, 0.15) is 24.0 Å². The maximum Gasteiger partial charge on any atom is 0.416 e. The molecule has 1 atom stereocenters. The number of carbonyl (C=O) groups is 1. The first-order valence-electron chi connectivity index (χ1n) is 7.04. The van der Waals surface area contributed by atoms with E-state index in [1.807, 2.05) is 0 Å². The van der Waals surface area contributed by atoms with Gasteiger partial charge in [0, 0.05) is 19.7 Å². The lowest BCUT2D eigenvalue weighted by atomic mass is 10.1. The summed E-state index contributed by atoms with van der Waals surface area (Å²) >= 11 is 0. The molecule has 1 aliphatic carbocycles. The van der Waals surface area contributed by atoms with Crippen molar-refractivity contribution in [2.45, 2.75) is 37.6 Å². The van der Waals surface area contributed by atoms with E-state index in [1.165, 1.54) is 19.2 Å². The van der Waals surface area contributed by atoms with E-state index in [0.717, 1.165) is 25.0 Å². The topological polar surface area (TPSA) is 55.6 Å². The quantitative estimate of drug-likeness (QED) is 0.875. The molecular weight excluding hydrogens is 297 g/mol. The van der Waals surface area contributed by atoms with Crippen molar-refractivity contribution in [3.05, 3.63) is 35.4 Å². The standard InChI is InChI=1S/C15H19F3N2O2/c1-22-9-13(19)14(21)20(12-6-7-12)8-10-2-4-11(5-3-10)15(16,17)18/h2-5,12-13H,6-9,19H2,1H3. The molecule has 1 unspecified atom stereocenters. The summed E-state index contributed by atoms with van der Waals surface area (Å²) < 4.78 is 42.5. The lowest BCUT2D eigenvalue weighted by Gasteiger charge is -2.25. The minimum Gasteiger partial charge on any atom is -0.383 e. The predicted molar refractivity (Wildman–Crippen MR) is 74.9 cm³/mol. The van der Waals surface area contributed by atoms with Gasteiger partial charge in [0.2, 0.25) is 5.91 Å². The zero-order valence-corrected chi connectivity index (χ0v) is 12.3. The Labute approximate surface area is 127 Å². The average Bonchev–Trinajstić information content (AvgIpc) is 3.28. The minimum atomic E-state index is -4.36. The second-order valence-electron chi connectivity index (χ2n) is 5.45. The Balaban J connectivity index is 2.07. The third kappa shape index (κ3) is 4.20. The summed E-state index contributed by atoms with van der Waals surface area (Å²) in [7, 11) is 1.46. The van der Waals surface area contributed by atoms with Gasteiger partial charge in [-0.1, -0.05) is 12.1 Å². The molecule has 1 amide bonds. The van der Waals surface area contributed by atoms with Crippen molar-refractivity contribution in [3.8, 4) is 0 Å². The second kappa shape index (κ2) is 6.66. The van der Waals surface area contributed by atoms with Crippen molar-refractivity contribution >= 4 is 5.91 Å². The van der Waals surface area contributed by atoms with E-state index in [9.17, 15) is 18.0 Å². The molecule has 4 nitrogen and oxygen atoms in total. The molecule has 0 radical (unpaired) electrons. The predicted octanol–water partition coefficient (Wildman–Crippen LogP) is 2.17. The van der Waals surface area contributed by atoms with Crippen LogP contribution in [0.2, 0.25) is 0 Å². The zero-order chi connectivity index (χ0) is 16.3. The fraction of sp³-hybridized carbons (Fsp3) is 0.533. The van der Waals surface area contributed by atoms with Gasteiger partial charge in [0.25, 0.3) is 0 Å². The number of methoxy groups -OCH3 is 1. The largest absolute Gasteiger partial charge is 0.416 e. The van der Waals surface area contributed by atoms with Gasteiger partial charge in [-0.2, -0.15) is 13.2 Å². The van der Waals surface area contributed by atoms with Crippen molar-refractivity contribution in [3.63, 3.8) is 0 Å². The van der Waals surface area contributed by atoms with Crippen molar-refractivity contribution in [2.75, 3.05) is 13.7 Å². The zero-order valence-electron chi connectivity index (χ0n) is 12.3. The van der Waals surface area contributed by atoms with Crippen molar-refractivity contribution in [2.24, 2.45) is 5.73 Å². The number of rotatable bonds is 6. The van der Waals surface area contributed by atoms with Gasteiger partial charge in [-0.25, -0.2) is 0 Å². The number of halogens is 3. The number of carbonyl (C=O) groups excluding carboxylic acids is 1. The van der Waals surface area contributed by atoms with Gasteiger partial charge < -0.3 is 15.4 Å². The fourth-order valence-electron chi connectivity index (χ4n) is 2.23. The molecule has 22 heavy (non-hydrogen) atoms. The number of benzene rings is 1. The fourth-order valence-corrected chi connectivity index (χ4v) is 2.23. The van der Waals surface area contributed by atoms with Crippen LogP contribution >= 0.6 is 0 Å². The van der Waals surface area contributed by atoms with E-state index in [0.29, 0.717) is 5.56 Å². The minimum absolute atomic E-state index is 0.120. The molecule has 0 aliphatic heterocycles. The van der Waals surface area contributed by atoms with Crippen molar-refractivity contribution < 1.29 is 22.7 Å². The Morgan fingerprint density at radius 2 is 1.95 bits per heavy atom. The van der Waals surface area contributed by atoms with Gasteiger partial charge in [0.05, 0.1) is 12.2 Å². The van der Waals surface area contributed by atoms with E-state index in [1.54, 1.807) is 4.90 Å². The molecule has 2 rings (SSSR count). The smallest absolute Gasteiger partial charge is 0.383 e. The molecule has 0 spiro atoms. The normalized spacial score (nSPS) is 16.4. The number of hydrogen-bond donors (Lipinski definition) is 1. The van der Waals surface area contributed by atoms with Crippen LogP contribution in [0, 0.1) is 0 Å². The average molecular weight is 316 g/mol. The summed E-state index contributed by atoms with van der Waals surface area (Å²) in [6.45, 7) is 0.383. The summed E-state index contributed by atoms with van der Waals surface area (Å²) in [4.78, 5) is 13.9. The molecule has 0 bridgehead atoms. The Morgan fingerprint density at radius 3 is 2.41 bits per heavy atom. The van der Waals surface area contributed by atoms with E-state index in [4.69, 9.17) is 10.5 Å². The molecule has 0 aromatic heterocycles. The van der Waals surface area contributed by atoms with Crippen molar-refractivity contribution in [1.29, 1.82) is 0 Å². The van der Waals surface area contributed by atoms with Gasteiger partial charge in [-0.05, 0) is 30.5 Å². The number of ether oxygens (including phenoxy) is 1. The first kappa shape index (κ1) is 16.8. The molecule has 1 aromatic rings. The van der Waals surface area contributed by atoms with Crippen LogP contribution < -0.4 is 5.73 Å². The van der Waals surface area contributed by atoms with E-state index < -0.39 is 17.8 Å². The van der Waals surface area contributed by atoms with Crippen LogP contribution in [0.25, 0.3) is 0 Å². The lowest BCUT2D eigenvalue weighted by molar-refractivity contribution is -0.138. The number of amides is 1. The Hall–Kier alpha value is -1.60. The molecule has 7 heteroatoms. The highest BCUT2D eigenvalue weighted by Gasteiger charge is 2.35. The molecule has 0 heterocycles. The Bertz CT molecular complexity index is 513. The monoisotopic (exact) mass is 316 g/mol. The van der Waals surface area contributed by atoms with E-state index >= 15 is 0 Å². The van der Waals surface area contributed by atoms with Crippen LogP contribution in [-0.4, -0.2) is 36.6 Å². The SMILES string of the molecule is COCC(N)C(=O)N(Cc1ccc(C(F)(F)F)cc1)C1CC1. The molecule has 1 fully saturated rings. The summed E-state index contributed by atoms with van der Waals surface area (Å²) in [5.74, 6) is -0.232. The first-order chi connectivity index (χ1) is 10.3. The maximum absolute atomic E-state index is 12.5. The van der Waals surface area contributed by atoms with Gasteiger partial charge in [-0.15, -0.1) is 0 Å².